The third-order valence-corrected chi connectivity index (χ3v) is 19.5. The van der Waals surface area contributed by atoms with Crippen molar-refractivity contribution >= 4 is 0 Å². The van der Waals surface area contributed by atoms with Gasteiger partial charge in [0, 0.05) is 33.4 Å². The van der Waals surface area contributed by atoms with Crippen LogP contribution < -0.4 is 0 Å². The highest BCUT2D eigenvalue weighted by molar-refractivity contribution is 5.91. The molecule has 0 N–H and O–H groups in total. The predicted molar refractivity (Wildman–Crippen MR) is 323 cm³/mol. The molecule has 0 aliphatic heterocycles. The SMILES string of the molecule is c1ccc(-c2ccc(-c3nc(-c4ccccc4)nc(-c4ccc(-c5cccc6c5-c5ccccc5C5CC67CCC6CCCC8CC5(c5ccccc5-c5ccccc58)C7c5ccccc5-c5ccccc56)cc4)n3)cc2)cc1. The van der Waals surface area contributed by atoms with E-state index < -0.39 is 0 Å². The smallest absolute Gasteiger partial charge is 0.164 e. The molecule has 0 amide bonds. The number of hydrogen-bond acceptors (Lipinski definition) is 3. The van der Waals surface area contributed by atoms with Gasteiger partial charge in [-0.15, -0.1) is 0 Å². The first-order valence-corrected chi connectivity index (χ1v) is 28.8. The monoisotopic (exact) mass is 1010 g/mol. The third kappa shape index (κ3) is 7.21. The Labute approximate surface area is 463 Å². The summed E-state index contributed by atoms with van der Waals surface area (Å²) >= 11 is 0. The van der Waals surface area contributed by atoms with E-state index in [1.807, 2.05) is 18.2 Å². The van der Waals surface area contributed by atoms with Crippen LogP contribution in [-0.2, 0) is 10.8 Å². The van der Waals surface area contributed by atoms with Crippen molar-refractivity contribution in [3.8, 4) is 89.8 Å². The summed E-state index contributed by atoms with van der Waals surface area (Å²) in [6.45, 7) is 0. The van der Waals surface area contributed by atoms with Crippen LogP contribution in [0.5, 0.6) is 0 Å². The van der Waals surface area contributed by atoms with Gasteiger partial charge in [0.1, 0.15) is 0 Å². The molecule has 5 aliphatic carbocycles. The Morgan fingerprint density at radius 2 is 0.747 bits per heavy atom. The predicted octanol–water partition coefficient (Wildman–Crippen LogP) is 19.2. The highest BCUT2D eigenvalue weighted by Crippen LogP contribution is 2.76. The fourth-order valence-corrected chi connectivity index (χ4v) is 16.4. The first-order valence-electron chi connectivity index (χ1n) is 28.8. The standard InChI is InChI=1S/C76H59N3/c1-3-19-49(20-4-1)50-37-41-54(42-38-50)73-77-72(53-21-5-2-6-22-53)78-74(79-73)55-43-39-52(40-44-55)59-34-18-36-68-70(59)65-32-13-12-31-64(65)69-48-75(68)46-45-51-23-17-24-56-47-76(69,67-35-16-15-30-63(67)61-28-10-8-26-58(56)61)71(75)66-33-14-11-29-62(66)60-27-9-7-25-57(51)60/h1-16,18-22,25-44,51,56,69,71H,17,23-24,45-48H2. The molecule has 0 saturated heterocycles. The van der Waals surface area contributed by atoms with Crippen molar-refractivity contribution in [2.75, 3.05) is 0 Å². The van der Waals surface area contributed by atoms with Gasteiger partial charge in [0.2, 0.25) is 0 Å². The first-order chi connectivity index (χ1) is 39.1. The molecule has 16 rings (SSSR count). The quantitative estimate of drug-likeness (QED) is 0.172. The maximum absolute atomic E-state index is 5.22. The molecule has 6 atom stereocenters. The summed E-state index contributed by atoms with van der Waals surface area (Å²) in [5, 5.41) is 0. The summed E-state index contributed by atoms with van der Waals surface area (Å²) in [4.78, 5) is 15.5. The van der Waals surface area contributed by atoms with Crippen molar-refractivity contribution in [3.63, 3.8) is 0 Å². The Morgan fingerprint density at radius 3 is 1.42 bits per heavy atom. The Bertz CT molecular complexity index is 4140. The van der Waals surface area contributed by atoms with Gasteiger partial charge < -0.3 is 0 Å². The number of nitrogens with zero attached hydrogens (tertiary/aromatic N) is 3. The van der Waals surface area contributed by atoms with E-state index in [1.54, 1.807) is 11.1 Å². The lowest BCUT2D eigenvalue weighted by atomic mass is 9.53. The molecule has 1 spiro atoms. The fraction of sp³-hybridized carbons (Fsp3) is 0.171. The Balaban J connectivity index is 0.904. The summed E-state index contributed by atoms with van der Waals surface area (Å²) in [7, 11) is 0. The third-order valence-electron chi connectivity index (χ3n) is 19.5. The van der Waals surface area contributed by atoms with E-state index >= 15 is 0 Å². The van der Waals surface area contributed by atoms with Gasteiger partial charge in [0.15, 0.2) is 17.5 Å². The normalized spacial score (nSPS) is 21.9. The Hall–Kier alpha value is -8.79. The van der Waals surface area contributed by atoms with E-state index in [0.29, 0.717) is 29.3 Å². The molecule has 378 valence electrons. The van der Waals surface area contributed by atoms with Gasteiger partial charge in [0.05, 0.1) is 0 Å². The summed E-state index contributed by atoms with van der Waals surface area (Å²) < 4.78 is 0. The van der Waals surface area contributed by atoms with Crippen LogP contribution in [0, 0.1) is 0 Å². The van der Waals surface area contributed by atoms with Crippen molar-refractivity contribution in [2.24, 2.45) is 0 Å². The highest BCUT2D eigenvalue weighted by atomic mass is 15.0. The Morgan fingerprint density at radius 1 is 0.304 bits per heavy atom. The first kappa shape index (κ1) is 46.3. The van der Waals surface area contributed by atoms with Crippen LogP contribution >= 0.6 is 0 Å². The van der Waals surface area contributed by atoms with Gasteiger partial charge in [0.25, 0.3) is 0 Å². The molecule has 1 aromatic heterocycles. The summed E-state index contributed by atoms with van der Waals surface area (Å²) in [6, 6.07) is 94.1. The summed E-state index contributed by atoms with van der Waals surface area (Å²) in [5.41, 5.74) is 25.0. The zero-order valence-corrected chi connectivity index (χ0v) is 44.3. The molecular formula is C76H59N3. The minimum absolute atomic E-state index is 0.195. The fourth-order valence-electron chi connectivity index (χ4n) is 16.4. The molecule has 10 aromatic carbocycles. The lowest BCUT2D eigenvalue weighted by molar-refractivity contribution is 0.255. The lowest BCUT2D eigenvalue weighted by Crippen LogP contribution is -2.42. The van der Waals surface area contributed by atoms with Crippen LogP contribution in [0.15, 0.2) is 249 Å². The molecule has 2 fully saturated rings. The molecule has 6 bridgehead atoms. The van der Waals surface area contributed by atoms with Crippen molar-refractivity contribution in [3.05, 3.63) is 282 Å². The molecule has 3 heteroatoms. The maximum Gasteiger partial charge on any atom is 0.164 e. The number of benzene rings is 10. The lowest BCUT2D eigenvalue weighted by Gasteiger charge is -2.49. The topological polar surface area (TPSA) is 38.7 Å². The molecular weight excluding hydrogens is 955 g/mol. The minimum Gasteiger partial charge on any atom is -0.208 e. The van der Waals surface area contributed by atoms with E-state index in [-0.39, 0.29) is 22.7 Å². The zero-order valence-electron chi connectivity index (χ0n) is 44.3. The molecule has 0 radical (unpaired) electrons. The van der Waals surface area contributed by atoms with Crippen LogP contribution in [0.3, 0.4) is 0 Å². The van der Waals surface area contributed by atoms with E-state index in [9.17, 15) is 0 Å². The van der Waals surface area contributed by atoms with Gasteiger partial charge in [-0.1, -0.05) is 255 Å². The zero-order chi connectivity index (χ0) is 52.1. The number of aromatic nitrogens is 3. The maximum atomic E-state index is 5.22. The summed E-state index contributed by atoms with van der Waals surface area (Å²) in [5.74, 6) is 3.30. The van der Waals surface area contributed by atoms with Crippen molar-refractivity contribution < 1.29 is 0 Å². The van der Waals surface area contributed by atoms with Gasteiger partial charge in [-0.3, -0.25) is 0 Å². The average Bonchev–Trinajstić information content (AvgIpc) is 3.79. The minimum atomic E-state index is -0.215. The van der Waals surface area contributed by atoms with Gasteiger partial charge in [-0.2, -0.15) is 0 Å². The number of hydrogen-bond donors (Lipinski definition) is 0. The largest absolute Gasteiger partial charge is 0.208 e. The average molecular weight is 1010 g/mol. The summed E-state index contributed by atoms with van der Waals surface area (Å²) in [6.07, 6.45) is 8.08. The van der Waals surface area contributed by atoms with Gasteiger partial charge >= 0.3 is 0 Å². The number of rotatable bonds is 5. The van der Waals surface area contributed by atoms with Crippen LogP contribution in [0.2, 0.25) is 0 Å². The van der Waals surface area contributed by atoms with Gasteiger partial charge in [-0.05, 0) is 145 Å². The van der Waals surface area contributed by atoms with Crippen LogP contribution in [0.25, 0.3) is 89.8 Å². The van der Waals surface area contributed by atoms with E-state index in [2.05, 4.69) is 231 Å². The highest BCUT2D eigenvalue weighted by Gasteiger charge is 2.67. The second-order valence-electron chi connectivity index (χ2n) is 23.3. The molecule has 2 saturated carbocycles. The molecule has 5 aliphatic rings. The van der Waals surface area contributed by atoms with E-state index in [4.69, 9.17) is 15.0 Å². The molecule has 1 heterocycles. The van der Waals surface area contributed by atoms with Gasteiger partial charge in [-0.25, -0.2) is 15.0 Å². The van der Waals surface area contributed by atoms with Crippen LogP contribution in [0.4, 0.5) is 0 Å². The second kappa shape index (κ2) is 18.4. The molecule has 3 nitrogen and oxygen atoms in total. The molecule has 11 aromatic rings. The molecule has 79 heavy (non-hydrogen) atoms. The molecule has 6 unspecified atom stereocenters. The van der Waals surface area contributed by atoms with Crippen LogP contribution in [0.1, 0.15) is 102 Å². The van der Waals surface area contributed by atoms with Crippen molar-refractivity contribution in [2.45, 2.75) is 79.4 Å². The van der Waals surface area contributed by atoms with E-state index in [0.717, 1.165) is 47.9 Å². The van der Waals surface area contributed by atoms with E-state index in [1.165, 1.54) is 91.6 Å². The van der Waals surface area contributed by atoms with Crippen molar-refractivity contribution in [1.82, 2.24) is 15.0 Å². The van der Waals surface area contributed by atoms with Crippen LogP contribution in [-0.4, -0.2) is 15.0 Å². The number of fused-ring (bicyclic) bond motifs is 15. The second-order valence-corrected chi connectivity index (χ2v) is 23.3. The van der Waals surface area contributed by atoms with Crippen molar-refractivity contribution in [1.29, 1.82) is 0 Å². The Kier molecular flexibility index (Phi) is 10.8.